The van der Waals surface area contributed by atoms with E-state index in [2.05, 4.69) is 20.5 Å². The van der Waals surface area contributed by atoms with E-state index in [0.29, 0.717) is 67.4 Å². The van der Waals surface area contributed by atoms with E-state index in [1.165, 1.54) is 0 Å². The number of ether oxygens (including phenoxy) is 1. The first-order chi connectivity index (χ1) is 17.3. The van der Waals surface area contributed by atoms with Gasteiger partial charge in [-0.05, 0) is 26.1 Å². The van der Waals surface area contributed by atoms with Gasteiger partial charge in [0.25, 0.3) is 5.91 Å². The molecule has 2 N–H and O–H groups in total. The summed E-state index contributed by atoms with van der Waals surface area (Å²) in [7, 11) is 3.52. The molecule has 0 saturated carbocycles. The van der Waals surface area contributed by atoms with Gasteiger partial charge in [-0.2, -0.15) is 0 Å². The molecule has 8 nitrogen and oxygen atoms in total. The monoisotopic (exact) mass is 518 g/mol. The summed E-state index contributed by atoms with van der Waals surface area (Å²) in [5, 5.41) is 6.02. The molecule has 1 aromatic heterocycles. The molecule has 3 aromatic rings. The van der Waals surface area contributed by atoms with Crippen LogP contribution in [0.3, 0.4) is 0 Å². The highest BCUT2D eigenvalue weighted by Gasteiger charge is 2.21. The summed E-state index contributed by atoms with van der Waals surface area (Å²) in [5.74, 6) is -3.64. The van der Waals surface area contributed by atoms with Gasteiger partial charge in [0.1, 0.15) is 5.82 Å². The molecule has 1 saturated heterocycles. The Kier molecular flexibility index (Phi) is 9.28. The van der Waals surface area contributed by atoms with Gasteiger partial charge in [0.2, 0.25) is 0 Å². The number of carbonyl (C=O) groups excluding carboxylic acids is 1. The molecule has 1 aliphatic rings. The molecule has 37 heavy (non-hydrogen) atoms. The zero-order chi connectivity index (χ0) is 25.8. The summed E-state index contributed by atoms with van der Waals surface area (Å²) in [5.41, 5.74) is 2.16. The fraction of sp³-hybridized carbons (Fsp3) is 0.423. The lowest BCUT2D eigenvalue weighted by molar-refractivity contribution is 0.0797. The molecular formula is C26H33F3N6O2. The Morgan fingerprint density at radius 3 is 2.49 bits per heavy atom. The van der Waals surface area contributed by atoms with Gasteiger partial charge in [-0.15, -0.1) is 0 Å². The highest BCUT2D eigenvalue weighted by atomic mass is 19.2. The molecule has 200 valence electrons. The lowest BCUT2D eigenvalue weighted by Gasteiger charge is -2.28. The zero-order valence-electron chi connectivity index (χ0n) is 20.4. The van der Waals surface area contributed by atoms with Crippen molar-refractivity contribution in [3.63, 3.8) is 0 Å². The molecule has 1 aliphatic heterocycles. The molecule has 0 aliphatic carbocycles. The van der Waals surface area contributed by atoms with Gasteiger partial charge in [0.05, 0.1) is 36.5 Å². The molecule has 1 amide bonds. The summed E-state index contributed by atoms with van der Waals surface area (Å²) in [6, 6.07) is 4.65. The van der Waals surface area contributed by atoms with E-state index >= 15 is 0 Å². The second-order valence-corrected chi connectivity index (χ2v) is 8.71. The van der Waals surface area contributed by atoms with Gasteiger partial charge in [0.15, 0.2) is 17.5 Å². The van der Waals surface area contributed by atoms with E-state index in [1.54, 1.807) is 37.2 Å². The molecule has 1 fully saturated rings. The first-order valence-electron chi connectivity index (χ1n) is 11.7. The van der Waals surface area contributed by atoms with Gasteiger partial charge in [0, 0.05) is 62.2 Å². The molecule has 4 rings (SSSR count). The van der Waals surface area contributed by atoms with Gasteiger partial charge < -0.3 is 25.2 Å². The van der Waals surface area contributed by atoms with E-state index in [9.17, 15) is 18.0 Å². The van der Waals surface area contributed by atoms with E-state index in [4.69, 9.17) is 9.72 Å². The van der Waals surface area contributed by atoms with Crippen LogP contribution < -0.4 is 15.5 Å². The number of anilines is 2. The zero-order valence-corrected chi connectivity index (χ0v) is 20.4. The molecule has 11 heteroatoms. The number of likely N-dealkylation sites (N-methyl/N-ethyl adjacent to an activating group) is 2. The number of amides is 1. The number of benzene rings is 2. The fourth-order valence-electron chi connectivity index (χ4n) is 4.10. The average Bonchev–Trinajstić information content (AvgIpc) is 2.89. The van der Waals surface area contributed by atoms with Gasteiger partial charge in [-0.3, -0.25) is 9.78 Å². The molecule has 0 radical (unpaired) electrons. The quantitative estimate of drug-likeness (QED) is 0.437. The lowest BCUT2D eigenvalue weighted by atomic mass is 10.0. The Hall–Kier alpha value is -3.44. The van der Waals surface area contributed by atoms with Gasteiger partial charge in [-0.1, -0.05) is 7.43 Å². The van der Waals surface area contributed by atoms with Crippen molar-refractivity contribution >= 4 is 28.4 Å². The number of hydrogen-bond donors (Lipinski definition) is 2. The van der Waals surface area contributed by atoms with E-state index in [0.717, 1.165) is 12.1 Å². The second-order valence-electron chi connectivity index (χ2n) is 8.71. The third-order valence-corrected chi connectivity index (χ3v) is 6.12. The third-order valence-electron chi connectivity index (χ3n) is 6.12. The van der Waals surface area contributed by atoms with Crippen LogP contribution in [-0.2, 0) is 4.74 Å². The van der Waals surface area contributed by atoms with Crippen LogP contribution in [0, 0.1) is 17.5 Å². The minimum absolute atomic E-state index is 0. The standard InChI is InChI=1S/C25H29F3N6O2.CH4/c1-15(31-17-12-19(26)23(28)20(27)13-17)18-10-16(25(35)33(3)5-4-29-2)11-21-24(18)32-22(14-30-21)34-6-8-36-9-7-34;/h10-15,29,31H,4-9H2,1-3H3;1H4. The summed E-state index contributed by atoms with van der Waals surface area (Å²) in [6.07, 6.45) is 1.67. The molecule has 1 unspecified atom stereocenters. The highest BCUT2D eigenvalue weighted by molar-refractivity contribution is 5.98. The fourth-order valence-corrected chi connectivity index (χ4v) is 4.10. The van der Waals surface area contributed by atoms with Crippen LogP contribution in [0.15, 0.2) is 30.5 Å². The number of rotatable bonds is 8. The Labute approximate surface area is 214 Å². The van der Waals surface area contributed by atoms with E-state index < -0.39 is 23.5 Å². The minimum atomic E-state index is -1.53. The van der Waals surface area contributed by atoms with Crippen molar-refractivity contribution in [1.82, 2.24) is 20.2 Å². The number of carbonyl (C=O) groups is 1. The highest BCUT2D eigenvalue weighted by Crippen LogP contribution is 2.30. The van der Waals surface area contributed by atoms with E-state index in [1.807, 2.05) is 7.05 Å². The van der Waals surface area contributed by atoms with Gasteiger partial charge in [-0.25, -0.2) is 18.2 Å². The SMILES string of the molecule is C.CNCCN(C)C(=O)c1cc(C(C)Nc2cc(F)c(F)c(F)c2)c2nc(N3CCOCC3)cnc2c1. The third kappa shape index (κ3) is 6.28. The second kappa shape index (κ2) is 12.2. The molecule has 1 atom stereocenters. The Balaban J connectivity index is 0.00000380. The van der Waals surface area contributed by atoms with Crippen molar-refractivity contribution in [2.75, 3.05) is 63.7 Å². The smallest absolute Gasteiger partial charge is 0.253 e. The Bertz CT molecular complexity index is 1230. The predicted octanol–water partition coefficient (Wildman–Crippen LogP) is 3.98. The largest absolute Gasteiger partial charge is 0.378 e. The maximum Gasteiger partial charge on any atom is 0.253 e. The molecule has 0 bridgehead atoms. The number of aromatic nitrogens is 2. The molecule has 2 aromatic carbocycles. The molecule has 2 heterocycles. The van der Waals surface area contributed by atoms with Gasteiger partial charge >= 0.3 is 0 Å². The summed E-state index contributed by atoms with van der Waals surface area (Å²) in [4.78, 5) is 26.2. The summed E-state index contributed by atoms with van der Waals surface area (Å²) >= 11 is 0. The van der Waals surface area contributed by atoms with Crippen LogP contribution in [0.5, 0.6) is 0 Å². The van der Waals surface area contributed by atoms with Crippen molar-refractivity contribution in [3.05, 3.63) is 59.0 Å². The van der Waals surface area contributed by atoms with Crippen LogP contribution >= 0.6 is 0 Å². The van der Waals surface area contributed by atoms with Crippen LogP contribution in [0.25, 0.3) is 11.0 Å². The van der Waals surface area contributed by atoms with Crippen LogP contribution in [0.1, 0.15) is 36.3 Å². The first kappa shape index (κ1) is 28.1. The Morgan fingerprint density at radius 1 is 1.16 bits per heavy atom. The van der Waals surface area contributed by atoms with Crippen molar-refractivity contribution in [2.45, 2.75) is 20.4 Å². The number of nitrogens with zero attached hydrogens (tertiary/aromatic N) is 4. The topological polar surface area (TPSA) is 82.6 Å². The lowest BCUT2D eigenvalue weighted by Crippen LogP contribution is -2.36. The Morgan fingerprint density at radius 2 is 1.84 bits per heavy atom. The van der Waals surface area contributed by atoms with Crippen molar-refractivity contribution in [1.29, 1.82) is 0 Å². The summed E-state index contributed by atoms with van der Waals surface area (Å²) in [6.45, 7) is 5.42. The van der Waals surface area contributed by atoms with Crippen molar-refractivity contribution < 1.29 is 22.7 Å². The van der Waals surface area contributed by atoms with E-state index in [-0.39, 0.29) is 19.0 Å². The normalized spacial score (nSPS) is 14.3. The van der Waals surface area contributed by atoms with Crippen LogP contribution in [0.4, 0.5) is 24.7 Å². The van der Waals surface area contributed by atoms with Crippen molar-refractivity contribution in [3.8, 4) is 0 Å². The number of fused-ring (bicyclic) bond motifs is 1. The first-order valence-corrected chi connectivity index (χ1v) is 11.7. The van der Waals surface area contributed by atoms with Crippen LogP contribution in [-0.4, -0.2) is 74.3 Å². The maximum absolute atomic E-state index is 13.8. The number of hydrogen-bond acceptors (Lipinski definition) is 7. The summed E-state index contributed by atoms with van der Waals surface area (Å²) < 4.78 is 46.5. The molecular weight excluding hydrogens is 485 g/mol. The average molecular weight is 519 g/mol. The number of nitrogens with one attached hydrogen (secondary N) is 2. The number of morpholine rings is 1. The van der Waals surface area contributed by atoms with Crippen molar-refractivity contribution in [2.24, 2.45) is 0 Å². The van der Waals surface area contributed by atoms with Crippen LogP contribution in [0.2, 0.25) is 0 Å². The number of halogens is 3. The predicted molar refractivity (Wildman–Crippen MR) is 139 cm³/mol. The minimum Gasteiger partial charge on any atom is -0.378 e. The molecule has 0 spiro atoms. The maximum atomic E-state index is 13.8.